The van der Waals surface area contributed by atoms with Crippen LogP contribution in [-0.4, -0.2) is 59.3 Å². The molecule has 0 bridgehead atoms. The van der Waals surface area contributed by atoms with Crippen molar-refractivity contribution in [2.24, 2.45) is 11.7 Å². The molecule has 0 saturated carbocycles. The molecule has 1 atom stereocenters. The van der Waals surface area contributed by atoms with Gasteiger partial charge in [0.25, 0.3) is 11.8 Å². The Morgan fingerprint density at radius 3 is 2.67 bits per heavy atom. The van der Waals surface area contributed by atoms with Gasteiger partial charge in [-0.25, -0.2) is 18.7 Å². The Hall–Kier alpha value is -3.54. The number of carbonyl (C=O) groups is 2. The van der Waals surface area contributed by atoms with E-state index < -0.39 is 24.9 Å². The zero-order valence-corrected chi connectivity index (χ0v) is 16.2. The molecule has 30 heavy (non-hydrogen) atoms. The van der Waals surface area contributed by atoms with Gasteiger partial charge in [0.15, 0.2) is 5.82 Å². The lowest BCUT2D eigenvalue weighted by Gasteiger charge is -2.39. The van der Waals surface area contributed by atoms with Crippen molar-refractivity contribution in [3.8, 4) is 23.2 Å². The highest BCUT2D eigenvalue weighted by Gasteiger charge is 2.44. The molecule has 9 heteroatoms. The van der Waals surface area contributed by atoms with Crippen LogP contribution in [0.4, 0.5) is 14.6 Å². The summed E-state index contributed by atoms with van der Waals surface area (Å²) in [6.07, 6.45) is 0.690. The average molecular weight is 411 g/mol. The van der Waals surface area contributed by atoms with E-state index in [1.165, 1.54) is 11.0 Å². The number of nitrogens with two attached hydrogens (primary N) is 1. The summed E-state index contributed by atoms with van der Waals surface area (Å²) < 4.78 is 26.5. The van der Waals surface area contributed by atoms with Gasteiger partial charge in [0.2, 0.25) is 5.91 Å². The molecule has 2 saturated heterocycles. The Bertz CT molecular complexity index is 1080. The SMILES string of the molecule is CN1CCC(C#Cc2cccc(-c3nc(C(N)=O)cc(N4CC(F)(F)C4)n3)c2)C1=O. The number of primary amides is 1. The first-order valence-electron chi connectivity index (χ1n) is 9.40. The molecule has 0 aliphatic carbocycles. The summed E-state index contributed by atoms with van der Waals surface area (Å²) in [7, 11) is 1.75. The van der Waals surface area contributed by atoms with Gasteiger partial charge in [-0.1, -0.05) is 24.0 Å². The minimum atomic E-state index is -2.78. The summed E-state index contributed by atoms with van der Waals surface area (Å²) in [5.41, 5.74) is 6.52. The second-order valence-corrected chi connectivity index (χ2v) is 7.46. The molecule has 2 aliphatic rings. The van der Waals surface area contributed by atoms with E-state index in [1.54, 1.807) is 36.2 Å². The topological polar surface area (TPSA) is 92.4 Å². The molecular weight excluding hydrogens is 392 g/mol. The van der Waals surface area contributed by atoms with E-state index in [-0.39, 0.29) is 29.2 Å². The number of likely N-dealkylation sites (tertiary alicyclic amines) is 1. The number of amides is 2. The number of nitrogens with zero attached hydrogens (tertiary/aromatic N) is 4. The molecule has 3 heterocycles. The molecule has 4 rings (SSSR count). The van der Waals surface area contributed by atoms with Crippen molar-refractivity contribution < 1.29 is 18.4 Å². The highest BCUT2D eigenvalue weighted by atomic mass is 19.3. The molecule has 154 valence electrons. The maximum atomic E-state index is 13.3. The molecule has 2 aromatic rings. The van der Waals surface area contributed by atoms with Gasteiger partial charge in [-0.2, -0.15) is 0 Å². The smallest absolute Gasteiger partial charge is 0.282 e. The minimum Gasteiger partial charge on any atom is -0.364 e. The summed E-state index contributed by atoms with van der Waals surface area (Å²) in [6.45, 7) is -0.266. The fraction of sp³-hybridized carbons (Fsp3) is 0.333. The molecule has 2 amide bonds. The van der Waals surface area contributed by atoms with Gasteiger partial charge >= 0.3 is 0 Å². The standard InChI is InChI=1S/C21H19F2N5O2/c1-27-8-7-14(20(27)30)6-5-13-3-2-4-15(9-13)19-25-16(18(24)29)10-17(26-19)28-11-21(22,23)12-28/h2-4,9-10,14H,7-8,11-12H2,1H3,(H2,24,29). The number of carbonyl (C=O) groups excluding carboxylic acids is 2. The number of benzene rings is 1. The van der Waals surface area contributed by atoms with Crippen molar-refractivity contribution in [3.05, 3.63) is 41.6 Å². The molecule has 7 nitrogen and oxygen atoms in total. The Balaban J connectivity index is 1.64. The zero-order chi connectivity index (χ0) is 21.5. The van der Waals surface area contributed by atoms with Crippen LogP contribution >= 0.6 is 0 Å². The lowest BCUT2D eigenvalue weighted by Crippen LogP contribution is -2.56. The summed E-state index contributed by atoms with van der Waals surface area (Å²) in [5, 5.41) is 0. The zero-order valence-electron chi connectivity index (χ0n) is 16.2. The molecule has 2 N–H and O–H groups in total. The molecular formula is C21H19F2N5O2. The van der Waals surface area contributed by atoms with Crippen LogP contribution in [0.5, 0.6) is 0 Å². The van der Waals surface area contributed by atoms with Crippen LogP contribution < -0.4 is 10.6 Å². The number of anilines is 1. The summed E-state index contributed by atoms with van der Waals surface area (Å²) in [6, 6.07) is 8.31. The molecule has 1 unspecified atom stereocenters. The third kappa shape index (κ3) is 3.94. The lowest BCUT2D eigenvalue weighted by molar-refractivity contribution is -0.128. The van der Waals surface area contributed by atoms with Crippen molar-refractivity contribution in [1.29, 1.82) is 0 Å². The minimum absolute atomic E-state index is 0.00661. The highest BCUT2D eigenvalue weighted by Crippen LogP contribution is 2.32. The van der Waals surface area contributed by atoms with Crippen LogP contribution in [0.2, 0.25) is 0 Å². The van der Waals surface area contributed by atoms with Crippen molar-refractivity contribution >= 4 is 17.6 Å². The van der Waals surface area contributed by atoms with Gasteiger partial charge in [-0.15, -0.1) is 0 Å². The summed E-state index contributed by atoms with van der Waals surface area (Å²) >= 11 is 0. The van der Waals surface area contributed by atoms with E-state index in [4.69, 9.17) is 5.73 Å². The number of aromatic nitrogens is 2. The summed E-state index contributed by atoms with van der Waals surface area (Å²) in [4.78, 5) is 35.2. The van der Waals surface area contributed by atoms with Crippen molar-refractivity contribution in [1.82, 2.24) is 14.9 Å². The highest BCUT2D eigenvalue weighted by molar-refractivity contribution is 5.92. The van der Waals surface area contributed by atoms with Gasteiger partial charge in [0, 0.05) is 30.8 Å². The first-order valence-corrected chi connectivity index (χ1v) is 9.40. The van der Waals surface area contributed by atoms with Gasteiger partial charge in [-0.3, -0.25) is 9.59 Å². The monoisotopic (exact) mass is 411 g/mol. The Morgan fingerprint density at radius 1 is 1.27 bits per heavy atom. The third-order valence-corrected chi connectivity index (χ3v) is 5.07. The van der Waals surface area contributed by atoms with Gasteiger partial charge in [-0.05, 0) is 18.6 Å². The van der Waals surface area contributed by atoms with E-state index in [0.29, 0.717) is 24.1 Å². The fourth-order valence-corrected chi connectivity index (χ4v) is 3.39. The first-order chi connectivity index (χ1) is 14.2. The summed E-state index contributed by atoms with van der Waals surface area (Å²) in [5.74, 6) is 2.54. The fourth-order valence-electron chi connectivity index (χ4n) is 3.39. The predicted molar refractivity (Wildman–Crippen MR) is 106 cm³/mol. The molecule has 0 spiro atoms. The van der Waals surface area contributed by atoms with Crippen LogP contribution in [-0.2, 0) is 4.79 Å². The number of hydrogen-bond acceptors (Lipinski definition) is 5. The third-order valence-electron chi connectivity index (χ3n) is 5.07. The first kappa shape index (κ1) is 19.8. The number of halogens is 2. The van der Waals surface area contributed by atoms with Crippen LogP contribution in [0.15, 0.2) is 30.3 Å². The normalized spacial score (nSPS) is 19.8. The van der Waals surface area contributed by atoms with E-state index in [2.05, 4.69) is 21.8 Å². The van der Waals surface area contributed by atoms with Crippen molar-refractivity contribution in [2.45, 2.75) is 12.3 Å². The second kappa shape index (κ2) is 7.37. The van der Waals surface area contributed by atoms with E-state index in [0.717, 1.165) is 0 Å². The lowest BCUT2D eigenvalue weighted by atomic mass is 10.1. The Kier molecular flexibility index (Phi) is 4.86. The van der Waals surface area contributed by atoms with Crippen LogP contribution in [0.25, 0.3) is 11.4 Å². The second-order valence-electron chi connectivity index (χ2n) is 7.46. The largest absolute Gasteiger partial charge is 0.364 e. The predicted octanol–water partition coefficient (Wildman–Crippen LogP) is 1.53. The Morgan fingerprint density at radius 2 is 2.03 bits per heavy atom. The molecule has 2 aliphatic heterocycles. The van der Waals surface area contributed by atoms with Gasteiger partial charge in [0.05, 0.1) is 13.1 Å². The molecule has 0 radical (unpaired) electrons. The van der Waals surface area contributed by atoms with Gasteiger partial charge in [0.1, 0.15) is 17.4 Å². The van der Waals surface area contributed by atoms with E-state index in [1.807, 2.05) is 0 Å². The number of rotatable bonds is 3. The maximum absolute atomic E-state index is 13.3. The van der Waals surface area contributed by atoms with Crippen LogP contribution in [0.1, 0.15) is 22.5 Å². The van der Waals surface area contributed by atoms with Crippen LogP contribution in [0, 0.1) is 17.8 Å². The van der Waals surface area contributed by atoms with Crippen molar-refractivity contribution in [2.75, 3.05) is 31.6 Å². The Labute approximate surface area is 171 Å². The van der Waals surface area contributed by atoms with E-state index >= 15 is 0 Å². The molecule has 1 aromatic heterocycles. The van der Waals surface area contributed by atoms with Crippen molar-refractivity contribution in [3.63, 3.8) is 0 Å². The average Bonchev–Trinajstić information content (AvgIpc) is 3.02. The number of alkyl halides is 2. The maximum Gasteiger partial charge on any atom is 0.282 e. The molecule has 2 fully saturated rings. The van der Waals surface area contributed by atoms with Gasteiger partial charge < -0.3 is 15.5 Å². The van der Waals surface area contributed by atoms with E-state index in [9.17, 15) is 18.4 Å². The van der Waals surface area contributed by atoms with Crippen LogP contribution in [0.3, 0.4) is 0 Å². The molecule has 1 aromatic carbocycles. The number of hydrogen-bond donors (Lipinski definition) is 1. The quantitative estimate of drug-likeness (QED) is 0.774.